The summed E-state index contributed by atoms with van der Waals surface area (Å²) in [6.07, 6.45) is 0. The van der Waals surface area contributed by atoms with Crippen LogP contribution in [0.3, 0.4) is 0 Å². The van der Waals surface area contributed by atoms with Crippen molar-refractivity contribution in [2.45, 2.75) is 18.7 Å². The van der Waals surface area contributed by atoms with Crippen molar-refractivity contribution in [1.82, 2.24) is 10.2 Å². The summed E-state index contributed by atoms with van der Waals surface area (Å²) in [7, 11) is -3.79. The highest BCUT2D eigenvalue weighted by Gasteiger charge is 2.38. The molecular weight excluding hydrogens is 374 g/mol. The molecule has 2 atom stereocenters. The standard InChI is InChI=1S/C21H25N3O3S/c1-14-4-3-5-19(8-14)23-28(26,27)20-9-16(7-6-15(20)2)21(25)24-12-17-10-22-11-18(17)13-24/h3-9,17-18,22-23H,10-13H2,1-2H3/t17-,18+. The summed E-state index contributed by atoms with van der Waals surface area (Å²) in [4.78, 5) is 15.0. The first-order valence-electron chi connectivity index (χ1n) is 9.53. The second-order valence-electron chi connectivity index (χ2n) is 7.84. The average molecular weight is 400 g/mol. The van der Waals surface area contributed by atoms with Gasteiger partial charge in [-0.25, -0.2) is 8.42 Å². The van der Waals surface area contributed by atoms with Gasteiger partial charge in [0.2, 0.25) is 0 Å². The summed E-state index contributed by atoms with van der Waals surface area (Å²) in [6.45, 7) is 7.00. The maximum absolute atomic E-state index is 13.0. The molecule has 2 heterocycles. The van der Waals surface area contributed by atoms with Crippen LogP contribution in [0, 0.1) is 25.7 Å². The van der Waals surface area contributed by atoms with Crippen LogP contribution in [-0.4, -0.2) is 45.4 Å². The lowest BCUT2D eigenvalue weighted by Crippen LogP contribution is -2.32. The van der Waals surface area contributed by atoms with E-state index < -0.39 is 10.0 Å². The van der Waals surface area contributed by atoms with Gasteiger partial charge in [-0.15, -0.1) is 0 Å². The van der Waals surface area contributed by atoms with Gasteiger partial charge in [0.05, 0.1) is 4.90 Å². The molecule has 2 aromatic rings. The van der Waals surface area contributed by atoms with Crippen molar-refractivity contribution in [3.8, 4) is 0 Å². The normalized spacial score (nSPS) is 21.6. The zero-order chi connectivity index (χ0) is 19.9. The van der Waals surface area contributed by atoms with Crippen LogP contribution >= 0.6 is 0 Å². The molecule has 2 aliphatic heterocycles. The Bertz CT molecular complexity index is 1010. The number of nitrogens with zero attached hydrogens (tertiary/aromatic N) is 1. The van der Waals surface area contributed by atoms with E-state index in [1.165, 1.54) is 6.07 Å². The highest BCUT2D eigenvalue weighted by atomic mass is 32.2. The van der Waals surface area contributed by atoms with E-state index in [1.807, 2.05) is 17.9 Å². The summed E-state index contributed by atoms with van der Waals surface area (Å²) in [5, 5.41) is 3.36. The summed E-state index contributed by atoms with van der Waals surface area (Å²) < 4.78 is 28.5. The minimum Gasteiger partial charge on any atom is -0.338 e. The largest absolute Gasteiger partial charge is 0.338 e. The lowest BCUT2D eigenvalue weighted by molar-refractivity contribution is 0.0781. The van der Waals surface area contributed by atoms with Gasteiger partial charge in [-0.1, -0.05) is 18.2 Å². The minimum absolute atomic E-state index is 0.0959. The number of likely N-dealkylation sites (tertiary alicyclic amines) is 1. The van der Waals surface area contributed by atoms with Gasteiger partial charge in [0.25, 0.3) is 15.9 Å². The van der Waals surface area contributed by atoms with Crippen molar-refractivity contribution in [3.05, 3.63) is 59.2 Å². The fourth-order valence-electron chi connectivity index (χ4n) is 4.15. The van der Waals surface area contributed by atoms with E-state index in [2.05, 4.69) is 10.0 Å². The predicted octanol–water partition coefficient (Wildman–Crippen LogP) is 2.40. The Morgan fingerprint density at radius 2 is 1.79 bits per heavy atom. The summed E-state index contributed by atoms with van der Waals surface area (Å²) in [5.74, 6) is 0.905. The summed E-state index contributed by atoms with van der Waals surface area (Å²) in [6, 6.07) is 12.1. The number of carbonyl (C=O) groups is 1. The quantitative estimate of drug-likeness (QED) is 0.828. The number of carbonyl (C=O) groups excluding carboxylic acids is 1. The molecule has 2 N–H and O–H groups in total. The maximum Gasteiger partial charge on any atom is 0.262 e. The second kappa shape index (κ2) is 7.22. The molecule has 0 bridgehead atoms. The third-order valence-corrected chi connectivity index (χ3v) is 7.19. The Morgan fingerprint density at radius 1 is 1.07 bits per heavy atom. The number of hydrogen-bond donors (Lipinski definition) is 2. The average Bonchev–Trinajstić information content (AvgIpc) is 3.23. The van der Waals surface area contributed by atoms with E-state index >= 15 is 0 Å². The van der Waals surface area contributed by atoms with Crippen molar-refractivity contribution >= 4 is 21.6 Å². The molecule has 2 fully saturated rings. The number of rotatable bonds is 4. The third-order valence-electron chi connectivity index (χ3n) is 5.67. The van der Waals surface area contributed by atoms with E-state index in [0.29, 0.717) is 28.7 Å². The molecule has 0 radical (unpaired) electrons. The highest BCUT2D eigenvalue weighted by Crippen LogP contribution is 2.28. The van der Waals surface area contributed by atoms with Crippen LogP contribution in [0.1, 0.15) is 21.5 Å². The number of fused-ring (bicyclic) bond motifs is 1. The number of sulfonamides is 1. The number of nitrogens with one attached hydrogen (secondary N) is 2. The Labute approximate surface area is 166 Å². The van der Waals surface area contributed by atoms with E-state index in [4.69, 9.17) is 0 Å². The van der Waals surface area contributed by atoms with Gasteiger partial charge < -0.3 is 10.2 Å². The fourth-order valence-corrected chi connectivity index (χ4v) is 5.47. The third kappa shape index (κ3) is 3.64. The number of hydrogen-bond acceptors (Lipinski definition) is 4. The molecular formula is C21H25N3O3S. The monoisotopic (exact) mass is 399 g/mol. The Hall–Kier alpha value is -2.38. The van der Waals surface area contributed by atoms with Gasteiger partial charge in [0.15, 0.2) is 0 Å². The van der Waals surface area contributed by atoms with Crippen molar-refractivity contribution in [2.24, 2.45) is 11.8 Å². The molecule has 0 saturated carbocycles. The van der Waals surface area contributed by atoms with Crippen LogP contribution in [0.4, 0.5) is 5.69 Å². The first kappa shape index (κ1) is 19.0. The zero-order valence-corrected chi connectivity index (χ0v) is 16.9. The molecule has 7 heteroatoms. The summed E-state index contributed by atoms with van der Waals surface area (Å²) >= 11 is 0. The zero-order valence-electron chi connectivity index (χ0n) is 16.1. The van der Waals surface area contributed by atoms with Gasteiger partial charge in [0.1, 0.15) is 0 Å². The molecule has 4 rings (SSSR count). The molecule has 2 saturated heterocycles. The van der Waals surface area contributed by atoms with Crippen LogP contribution < -0.4 is 10.0 Å². The first-order valence-corrected chi connectivity index (χ1v) is 11.0. The number of anilines is 1. The molecule has 0 unspecified atom stereocenters. The van der Waals surface area contributed by atoms with Crippen LogP contribution in [0.2, 0.25) is 0 Å². The van der Waals surface area contributed by atoms with Crippen molar-refractivity contribution < 1.29 is 13.2 Å². The van der Waals surface area contributed by atoms with Gasteiger partial charge >= 0.3 is 0 Å². The maximum atomic E-state index is 13.0. The van der Waals surface area contributed by atoms with Gasteiger partial charge in [-0.05, 0) is 61.1 Å². The first-order chi connectivity index (χ1) is 13.3. The Kier molecular flexibility index (Phi) is 4.89. The SMILES string of the molecule is Cc1cccc(NS(=O)(=O)c2cc(C(=O)N3C[C@H]4CNC[C@H]4C3)ccc2C)c1. The second-order valence-corrected chi connectivity index (χ2v) is 9.49. The fraction of sp³-hybridized carbons (Fsp3) is 0.381. The lowest BCUT2D eigenvalue weighted by Gasteiger charge is -2.19. The molecule has 28 heavy (non-hydrogen) atoms. The minimum atomic E-state index is -3.79. The number of amides is 1. The number of aryl methyl sites for hydroxylation is 2. The Morgan fingerprint density at radius 3 is 2.46 bits per heavy atom. The molecule has 0 aliphatic carbocycles. The van der Waals surface area contributed by atoms with E-state index in [-0.39, 0.29) is 10.8 Å². The molecule has 6 nitrogen and oxygen atoms in total. The highest BCUT2D eigenvalue weighted by molar-refractivity contribution is 7.92. The van der Waals surface area contributed by atoms with Gasteiger partial charge in [-0.3, -0.25) is 9.52 Å². The van der Waals surface area contributed by atoms with E-state index in [1.54, 1.807) is 37.3 Å². The van der Waals surface area contributed by atoms with Crippen LogP contribution in [-0.2, 0) is 10.0 Å². The van der Waals surface area contributed by atoms with Crippen LogP contribution in [0.25, 0.3) is 0 Å². The lowest BCUT2D eigenvalue weighted by atomic mass is 10.0. The Balaban J connectivity index is 1.59. The molecule has 1 amide bonds. The molecule has 0 spiro atoms. The molecule has 0 aromatic heterocycles. The van der Waals surface area contributed by atoms with Crippen molar-refractivity contribution in [2.75, 3.05) is 30.9 Å². The van der Waals surface area contributed by atoms with Crippen molar-refractivity contribution in [1.29, 1.82) is 0 Å². The van der Waals surface area contributed by atoms with Crippen LogP contribution in [0.5, 0.6) is 0 Å². The number of benzene rings is 2. The molecule has 148 valence electrons. The topological polar surface area (TPSA) is 78.5 Å². The van der Waals surface area contributed by atoms with E-state index in [0.717, 1.165) is 31.7 Å². The van der Waals surface area contributed by atoms with Gasteiger partial charge in [-0.2, -0.15) is 0 Å². The predicted molar refractivity (Wildman–Crippen MR) is 109 cm³/mol. The van der Waals surface area contributed by atoms with Gasteiger partial charge in [0, 0.05) is 37.4 Å². The molecule has 2 aliphatic rings. The van der Waals surface area contributed by atoms with E-state index in [9.17, 15) is 13.2 Å². The smallest absolute Gasteiger partial charge is 0.262 e. The summed E-state index contributed by atoms with van der Waals surface area (Å²) in [5.41, 5.74) is 2.51. The van der Waals surface area contributed by atoms with Crippen LogP contribution in [0.15, 0.2) is 47.4 Å². The van der Waals surface area contributed by atoms with Crippen molar-refractivity contribution in [3.63, 3.8) is 0 Å². The molecule has 2 aromatic carbocycles.